The van der Waals surface area contributed by atoms with Gasteiger partial charge in [-0.05, 0) is 77.7 Å². The number of nitrogens with zero attached hydrogens (tertiary/aromatic N) is 1. The van der Waals surface area contributed by atoms with Crippen molar-refractivity contribution < 1.29 is 19.0 Å². The lowest BCUT2D eigenvalue weighted by atomic mass is 10.1. The Labute approximate surface area is 180 Å². The van der Waals surface area contributed by atoms with Crippen molar-refractivity contribution in [3.8, 4) is 17.2 Å². The van der Waals surface area contributed by atoms with E-state index in [9.17, 15) is 4.79 Å². The van der Waals surface area contributed by atoms with Crippen LogP contribution in [0.4, 0.5) is 0 Å². The Balaban J connectivity index is 1.88. The highest BCUT2D eigenvalue weighted by Crippen LogP contribution is 2.28. The summed E-state index contributed by atoms with van der Waals surface area (Å²) in [5.41, 5.74) is 4.45. The molecule has 2 aromatic carbocycles. The maximum absolute atomic E-state index is 12.0. The largest absolute Gasteiger partial charge is 0.493 e. The highest BCUT2D eigenvalue weighted by atomic mass is 79.9. The molecule has 0 aromatic heterocycles. The number of rotatable bonds is 10. The second kappa shape index (κ2) is 11.5. The lowest BCUT2D eigenvalue weighted by molar-refractivity contribution is -0.123. The van der Waals surface area contributed by atoms with Crippen LogP contribution in [0.3, 0.4) is 0 Å². The van der Waals surface area contributed by atoms with E-state index in [0.717, 1.165) is 22.9 Å². The number of aryl methyl sites for hydroxylation is 1. The number of benzene rings is 2. The van der Waals surface area contributed by atoms with Gasteiger partial charge in [-0.1, -0.05) is 19.4 Å². The minimum Gasteiger partial charge on any atom is -0.493 e. The molecule has 0 spiro atoms. The van der Waals surface area contributed by atoms with Crippen LogP contribution in [0.2, 0.25) is 0 Å². The van der Waals surface area contributed by atoms with E-state index >= 15 is 0 Å². The van der Waals surface area contributed by atoms with Crippen LogP contribution in [0.15, 0.2) is 46.0 Å². The minimum absolute atomic E-state index is 0.0468. The highest BCUT2D eigenvalue weighted by Gasteiger charge is 2.08. The van der Waals surface area contributed by atoms with Gasteiger partial charge in [0, 0.05) is 0 Å². The second-order valence-electron chi connectivity index (χ2n) is 6.67. The smallest absolute Gasteiger partial charge is 0.277 e. The van der Waals surface area contributed by atoms with Crippen molar-refractivity contribution in [2.24, 2.45) is 5.10 Å². The number of amides is 1. The molecule has 0 aliphatic rings. The number of hydrogen-bond donors (Lipinski definition) is 1. The summed E-state index contributed by atoms with van der Waals surface area (Å²) in [7, 11) is 1.58. The zero-order valence-electron chi connectivity index (χ0n) is 17.2. The molecule has 0 atom stereocenters. The number of hydrogen-bond acceptors (Lipinski definition) is 5. The van der Waals surface area contributed by atoms with E-state index in [2.05, 4.69) is 33.4 Å². The number of carbonyl (C=O) groups is 1. The SMILES string of the molecule is CCCc1ccc(OCC(=O)N/N=C/c2ccc(OC(C)C)c(OC)c2)c(Br)c1. The average molecular weight is 463 g/mol. The topological polar surface area (TPSA) is 69.2 Å². The quantitative estimate of drug-likeness (QED) is 0.409. The first kappa shape index (κ1) is 22.7. The predicted molar refractivity (Wildman–Crippen MR) is 118 cm³/mol. The molecule has 0 saturated carbocycles. The fourth-order valence-electron chi connectivity index (χ4n) is 2.58. The predicted octanol–water partition coefficient (Wildman–Crippen LogP) is 4.73. The van der Waals surface area contributed by atoms with Gasteiger partial charge in [0.1, 0.15) is 5.75 Å². The second-order valence-corrected chi connectivity index (χ2v) is 7.53. The van der Waals surface area contributed by atoms with Crippen LogP contribution in [0, 0.1) is 0 Å². The molecule has 7 heteroatoms. The number of ether oxygens (including phenoxy) is 3. The van der Waals surface area contributed by atoms with Gasteiger partial charge in [-0.15, -0.1) is 0 Å². The van der Waals surface area contributed by atoms with E-state index in [-0.39, 0.29) is 18.6 Å². The molecular formula is C22H27BrN2O4. The third-order valence-electron chi connectivity index (χ3n) is 3.85. The molecular weight excluding hydrogens is 436 g/mol. The van der Waals surface area contributed by atoms with Gasteiger partial charge in [0.25, 0.3) is 5.91 Å². The lowest BCUT2D eigenvalue weighted by Crippen LogP contribution is -2.24. The number of hydrazone groups is 1. The van der Waals surface area contributed by atoms with Gasteiger partial charge in [0.15, 0.2) is 18.1 Å². The van der Waals surface area contributed by atoms with Crippen molar-refractivity contribution in [2.45, 2.75) is 39.7 Å². The molecule has 0 aliphatic carbocycles. The summed E-state index contributed by atoms with van der Waals surface area (Å²) in [5, 5.41) is 3.97. The van der Waals surface area contributed by atoms with Crippen LogP contribution < -0.4 is 19.6 Å². The van der Waals surface area contributed by atoms with E-state index in [0.29, 0.717) is 17.2 Å². The van der Waals surface area contributed by atoms with Crippen molar-refractivity contribution in [2.75, 3.05) is 13.7 Å². The summed E-state index contributed by atoms with van der Waals surface area (Å²) in [4.78, 5) is 12.0. The van der Waals surface area contributed by atoms with Gasteiger partial charge in [0.05, 0.1) is 23.9 Å². The van der Waals surface area contributed by atoms with Gasteiger partial charge in [0.2, 0.25) is 0 Å². The van der Waals surface area contributed by atoms with Gasteiger partial charge < -0.3 is 14.2 Å². The number of halogens is 1. The van der Waals surface area contributed by atoms with Gasteiger partial charge in [-0.25, -0.2) is 5.43 Å². The molecule has 0 fully saturated rings. The molecule has 29 heavy (non-hydrogen) atoms. The number of methoxy groups -OCH3 is 1. The summed E-state index contributed by atoms with van der Waals surface area (Å²) in [6.45, 7) is 5.90. The average Bonchev–Trinajstić information content (AvgIpc) is 2.68. The summed E-state index contributed by atoms with van der Waals surface area (Å²) in [6, 6.07) is 11.3. The van der Waals surface area contributed by atoms with E-state index in [1.165, 1.54) is 11.8 Å². The molecule has 0 saturated heterocycles. The summed E-state index contributed by atoms with van der Waals surface area (Å²) in [5.74, 6) is 1.54. The molecule has 1 amide bonds. The van der Waals surface area contributed by atoms with Crippen LogP contribution in [0.1, 0.15) is 38.3 Å². The summed E-state index contributed by atoms with van der Waals surface area (Å²) >= 11 is 3.48. The van der Waals surface area contributed by atoms with Crippen LogP contribution in [0.5, 0.6) is 17.2 Å². The van der Waals surface area contributed by atoms with Gasteiger partial charge in [-0.3, -0.25) is 4.79 Å². The van der Waals surface area contributed by atoms with Crippen LogP contribution in [0.25, 0.3) is 0 Å². The third-order valence-corrected chi connectivity index (χ3v) is 4.47. The number of carbonyl (C=O) groups excluding carboxylic acids is 1. The molecule has 0 unspecified atom stereocenters. The van der Waals surface area contributed by atoms with Crippen molar-refractivity contribution in [1.82, 2.24) is 5.43 Å². The summed E-state index contributed by atoms with van der Waals surface area (Å²) < 4.78 is 17.4. The molecule has 0 heterocycles. The Hall–Kier alpha value is -2.54. The molecule has 0 bridgehead atoms. The van der Waals surface area contributed by atoms with E-state index in [4.69, 9.17) is 14.2 Å². The normalized spacial score (nSPS) is 11.0. The van der Waals surface area contributed by atoms with E-state index < -0.39 is 0 Å². The Kier molecular flexibility index (Phi) is 8.99. The fraction of sp³-hybridized carbons (Fsp3) is 0.364. The first-order valence-electron chi connectivity index (χ1n) is 9.50. The Bertz CT molecular complexity index is 853. The van der Waals surface area contributed by atoms with Gasteiger partial charge >= 0.3 is 0 Å². The molecule has 2 aromatic rings. The zero-order valence-corrected chi connectivity index (χ0v) is 18.8. The number of nitrogens with one attached hydrogen (secondary N) is 1. The standard InChI is InChI=1S/C22H27BrN2O4/c1-5-6-16-7-9-19(18(23)11-16)28-14-22(26)25-24-13-17-8-10-20(29-15(2)3)21(12-17)27-4/h7-13,15H,5-6,14H2,1-4H3,(H,25,26)/b24-13+. The zero-order chi connectivity index (χ0) is 21.2. The van der Waals surface area contributed by atoms with Crippen molar-refractivity contribution in [1.29, 1.82) is 0 Å². The molecule has 0 aliphatic heterocycles. The van der Waals surface area contributed by atoms with Crippen LogP contribution >= 0.6 is 15.9 Å². The minimum atomic E-state index is -0.350. The molecule has 156 valence electrons. The Morgan fingerprint density at radius 2 is 1.93 bits per heavy atom. The van der Waals surface area contributed by atoms with Crippen LogP contribution in [-0.4, -0.2) is 31.9 Å². The van der Waals surface area contributed by atoms with Crippen molar-refractivity contribution in [3.05, 3.63) is 52.0 Å². The first-order chi connectivity index (χ1) is 13.9. The van der Waals surface area contributed by atoms with Crippen molar-refractivity contribution in [3.63, 3.8) is 0 Å². The molecule has 2 rings (SSSR count). The van der Waals surface area contributed by atoms with Crippen LogP contribution in [-0.2, 0) is 11.2 Å². The third kappa shape index (κ3) is 7.42. The fourth-order valence-corrected chi connectivity index (χ4v) is 3.12. The Morgan fingerprint density at radius 3 is 2.59 bits per heavy atom. The lowest BCUT2D eigenvalue weighted by Gasteiger charge is -2.13. The summed E-state index contributed by atoms with van der Waals surface area (Å²) in [6.07, 6.45) is 3.66. The van der Waals surface area contributed by atoms with Crippen molar-refractivity contribution >= 4 is 28.1 Å². The van der Waals surface area contributed by atoms with E-state index in [1.54, 1.807) is 13.2 Å². The van der Waals surface area contributed by atoms with E-state index in [1.807, 2.05) is 44.2 Å². The maximum atomic E-state index is 12.0. The molecule has 6 nitrogen and oxygen atoms in total. The highest BCUT2D eigenvalue weighted by molar-refractivity contribution is 9.10. The maximum Gasteiger partial charge on any atom is 0.277 e. The Morgan fingerprint density at radius 1 is 1.17 bits per heavy atom. The monoisotopic (exact) mass is 462 g/mol. The van der Waals surface area contributed by atoms with Gasteiger partial charge in [-0.2, -0.15) is 5.10 Å². The molecule has 1 N–H and O–H groups in total. The molecule has 0 radical (unpaired) electrons. The first-order valence-corrected chi connectivity index (χ1v) is 10.3.